The highest BCUT2D eigenvalue weighted by molar-refractivity contribution is 5.97. The highest BCUT2D eigenvalue weighted by atomic mass is 16.5. The van der Waals surface area contributed by atoms with E-state index >= 15 is 0 Å². The van der Waals surface area contributed by atoms with Crippen molar-refractivity contribution in [1.82, 2.24) is 4.98 Å². The molecule has 0 aromatic carbocycles. The van der Waals surface area contributed by atoms with Crippen molar-refractivity contribution in [3.63, 3.8) is 0 Å². The fraction of sp³-hybridized carbons (Fsp3) is 0.500. The van der Waals surface area contributed by atoms with Gasteiger partial charge in [-0.1, -0.05) is 6.07 Å². The Balaban J connectivity index is 1.76. The van der Waals surface area contributed by atoms with Crippen molar-refractivity contribution in [1.29, 1.82) is 0 Å². The van der Waals surface area contributed by atoms with Crippen LogP contribution in [0.25, 0.3) is 0 Å². The summed E-state index contributed by atoms with van der Waals surface area (Å²) in [5.41, 5.74) is 0.606. The van der Waals surface area contributed by atoms with Crippen LogP contribution >= 0.6 is 0 Å². The smallest absolute Gasteiger partial charge is 0.209 e. The van der Waals surface area contributed by atoms with Crippen molar-refractivity contribution in [2.75, 3.05) is 0 Å². The Kier molecular flexibility index (Phi) is 1.89. The molecular weight excluding hydrogens is 190 g/mol. The van der Waals surface area contributed by atoms with Crippen molar-refractivity contribution in [3.05, 3.63) is 30.1 Å². The van der Waals surface area contributed by atoms with Gasteiger partial charge < -0.3 is 4.74 Å². The molecule has 15 heavy (non-hydrogen) atoms. The molecule has 0 radical (unpaired) electrons. The highest BCUT2D eigenvalue weighted by Crippen LogP contribution is 2.49. The first-order valence-corrected chi connectivity index (χ1v) is 5.42. The number of carbonyl (C=O) groups excluding carboxylic acids is 1. The summed E-state index contributed by atoms with van der Waals surface area (Å²) < 4.78 is 5.79. The lowest BCUT2D eigenvalue weighted by Crippen LogP contribution is -2.22. The van der Waals surface area contributed by atoms with Crippen molar-refractivity contribution in [2.45, 2.75) is 37.4 Å². The molecule has 0 amide bonds. The summed E-state index contributed by atoms with van der Waals surface area (Å²) >= 11 is 0. The van der Waals surface area contributed by atoms with Crippen LogP contribution in [0, 0.1) is 0 Å². The van der Waals surface area contributed by atoms with E-state index in [1.807, 2.05) is 12.1 Å². The molecule has 1 aliphatic heterocycles. The van der Waals surface area contributed by atoms with Crippen LogP contribution in [0.4, 0.5) is 0 Å². The lowest BCUT2D eigenvalue weighted by Gasteiger charge is -2.10. The van der Waals surface area contributed by atoms with E-state index in [-0.39, 0.29) is 17.5 Å². The van der Waals surface area contributed by atoms with Gasteiger partial charge >= 0.3 is 0 Å². The molecule has 1 saturated heterocycles. The zero-order valence-corrected chi connectivity index (χ0v) is 8.48. The molecule has 3 rings (SSSR count). The number of ketones is 1. The van der Waals surface area contributed by atoms with E-state index in [4.69, 9.17) is 4.74 Å². The Hall–Kier alpha value is -1.22. The Labute approximate surface area is 88.5 Å². The SMILES string of the molecule is O=C(c1ccccn1)C1CCC2(CC2)O1. The van der Waals surface area contributed by atoms with Crippen molar-refractivity contribution < 1.29 is 9.53 Å². The molecule has 1 spiro atoms. The molecule has 2 heterocycles. The minimum absolute atomic E-state index is 0.0411. The number of carbonyl (C=O) groups is 1. The molecular formula is C12H13NO2. The second kappa shape index (κ2) is 3.14. The van der Waals surface area contributed by atoms with Gasteiger partial charge in [-0.2, -0.15) is 0 Å². The third kappa shape index (κ3) is 1.57. The van der Waals surface area contributed by atoms with Crippen LogP contribution in [0.3, 0.4) is 0 Å². The van der Waals surface area contributed by atoms with E-state index in [1.54, 1.807) is 12.3 Å². The molecule has 1 atom stereocenters. The van der Waals surface area contributed by atoms with Gasteiger partial charge in [0.1, 0.15) is 11.8 Å². The summed E-state index contributed by atoms with van der Waals surface area (Å²) in [6.45, 7) is 0. The Morgan fingerprint density at radius 1 is 1.40 bits per heavy atom. The van der Waals surface area contributed by atoms with E-state index in [0.29, 0.717) is 5.69 Å². The van der Waals surface area contributed by atoms with Gasteiger partial charge in [0.15, 0.2) is 0 Å². The number of ether oxygens (including phenoxy) is 1. The molecule has 78 valence electrons. The summed E-state index contributed by atoms with van der Waals surface area (Å²) in [4.78, 5) is 16.0. The lowest BCUT2D eigenvalue weighted by atomic mass is 10.1. The fourth-order valence-corrected chi connectivity index (χ4v) is 2.18. The summed E-state index contributed by atoms with van der Waals surface area (Å²) in [6, 6.07) is 5.40. The van der Waals surface area contributed by atoms with Crippen molar-refractivity contribution in [2.24, 2.45) is 0 Å². The summed E-state index contributed by atoms with van der Waals surface area (Å²) in [6.07, 6.45) is 5.54. The number of hydrogen-bond donors (Lipinski definition) is 0. The van der Waals surface area contributed by atoms with Crippen LogP contribution in [0.15, 0.2) is 24.4 Å². The molecule has 1 saturated carbocycles. The largest absolute Gasteiger partial charge is 0.364 e. The van der Waals surface area contributed by atoms with E-state index < -0.39 is 0 Å². The third-order valence-electron chi connectivity index (χ3n) is 3.27. The molecule has 1 aromatic rings. The van der Waals surface area contributed by atoms with E-state index in [2.05, 4.69) is 4.98 Å². The molecule has 0 N–H and O–H groups in total. The number of aromatic nitrogens is 1. The van der Waals surface area contributed by atoms with Crippen LogP contribution in [0.1, 0.15) is 36.2 Å². The zero-order chi connectivity index (χ0) is 10.3. The normalized spacial score (nSPS) is 26.8. The van der Waals surface area contributed by atoms with E-state index in [0.717, 1.165) is 25.7 Å². The van der Waals surface area contributed by atoms with Crippen LogP contribution in [-0.4, -0.2) is 22.5 Å². The molecule has 0 bridgehead atoms. The van der Waals surface area contributed by atoms with E-state index in [1.165, 1.54) is 0 Å². The monoisotopic (exact) mass is 203 g/mol. The Morgan fingerprint density at radius 2 is 2.27 bits per heavy atom. The van der Waals surface area contributed by atoms with Crippen LogP contribution < -0.4 is 0 Å². The van der Waals surface area contributed by atoms with Crippen LogP contribution in [-0.2, 0) is 4.74 Å². The minimum Gasteiger partial charge on any atom is -0.364 e. The molecule has 3 heteroatoms. The topological polar surface area (TPSA) is 39.2 Å². The Morgan fingerprint density at radius 3 is 2.87 bits per heavy atom. The molecule has 1 aliphatic carbocycles. The number of Topliss-reactive ketones (excluding diaryl/α,β-unsaturated/α-hetero) is 1. The van der Waals surface area contributed by atoms with Crippen LogP contribution in [0.5, 0.6) is 0 Å². The predicted molar refractivity (Wildman–Crippen MR) is 54.6 cm³/mol. The van der Waals surface area contributed by atoms with Gasteiger partial charge in [-0.05, 0) is 37.8 Å². The lowest BCUT2D eigenvalue weighted by molar-refractivity contribution is 0.0263. The first-order valence-electron chi connectivity index (χ1n) is 5.42. The summed E-state index contributed by atoms with van der Waals surface area (Å²) in [5, 5.41) is 0. The quantitative estimate of drug-likeness (QED) is 0.690. The van der Waals surface area contributed by atoms with Gasteiger partial charge in [-0.25, -0.2) is 0 Å². The summed E-state index contributed by atoms with van der Waals surface area (Å²) in [7, 11) is 0. The second-order valence-electron chi connectivity index (χ2n) is 4.41. The van der Waals surface area contributed by atoms with Crippen LogP contribution in [0.2, 0.25) is 0 Å². The minimum atomic E-state index is -0.248. The highest BCUT2D eigenvalue weighted by Gasteiger charge is 2.51. The van der Waals surface area contributed by atoms with Gasteiger partial charge in [0.2, 0.25) is 5.78 Å². The van der Waals surface area contributed by atoms with Gasteiger partial charge in [-0.15, -0.1) is 0 Å². The van der Waals surface area contributed by atoms with Gasteiger partial charge in [0.25, 0.3) is 0 Å². The maximum atomic E-state index is 12.0. The maximum absolute atomic E-state index is 12.0. The average molecular weight is 203 g/mol. The maximum Gasteiger partial charge on any atom is 0.209 e. The van der Waals surface area contributed by atoms with Crippen molar-refractivity contribution in [3.8, 4) is 0 Å². The first-order chi connectivity index (χ1) is 7.29. The fourth-order valence-electron chi connectivity index (χ4n) is 2.18. The molecule has 3 nitrogen and oxygen atoms in total. The van der Waals surface area contributed by atoms with E-state index in [9.17, 15) is 4.79 Å². The molecule has 2 fully saturated rings. The van der Waals surface area contributed by atoms with Gasteiger partial charge in [0, 0.05) is 6.20 Å². The standard InChI is InChI=1S/C12H13NO2/c14-11(9-3-1-2-8-13-9)10-4-5-12(15-10)6-7-12/h1-3,8,10H,4-7H2. The number of pyridine rings is 1. The molecule has 1 unspecified atom stereocenters. The number of hydrogen-bond acceptors (Lipinski definition) is 3. The number of rotatable bonds is 2. The summed E-state index contributed by atoms with van der Waals surface area (Å²) in [5.74, 6) is 0.0411. The second-order valence-corrected chi connectivity index (χ2v) is 4.41. The van der Waals surface area contributed by atoms with Gasteiger partial charge in [-0.3, -0.25) is 9.78 Å². The first kappa shape index (κ1) is 9.04. The van der Waals surface area contributed by atoms with Crippen molar-refractivity contribution >= 4 is 5.78 Å². The zero-order valence-electron chi connectivity index (χ0n) is 8.48. The Bertz CT molecular complexity index is 384. The average Bonchev–Trinajstić information content (AvgIpc) is 2.90. The molecule has 2 aliphatic rings. The van der Waals surface area contributed by atoms with Gasteiger partial charge in [0.05, 0.1) is 5.60 Å². The predicted octanol–water partition coefficient (Wildman–Crippen LogP) is 1.98. The molecule has 1 aromatic heterocycles. The number of nitrogens with zero attached hydrogens (tertiary/aromatic N) is 1. The third-order valence-corrected chi connectivity index (χ3v) is 3.27.